The van der Waals surface area contributed by atoms with Gasteiger partial charge in [-0.15, -0.1) is 0 Å². The number of hydrogen-bond acceptors (Lipinski definition) is 3. The summed E-state index contributed by atoms with van der Waals surface area (Å²) in [7, 11) is -3.11. The summed E-state index contributed by atoms with van der Waals surface area (Å²) < 4.78 is 27.7. The standard InChI is InChI=1S/C20H28N2O2S/c23-25(24,8-7-14-9-15-3-1-2-4-16(15)10-14)22-12-18-17-5-6-20(21-11-17)19(18)13-22/h1-4,14,17-21H,5-13H2. The molecule has 4 fully saturated rings. The molecule has 4 nitrogen and oxygen atoms in total. The van der Waals surface area contributed by atoms with Gasteiger partial charge < -0.3 is 5.32 Å². The molecule has 1 aromatic carbocycles. The van der Waals surface area contributed by atoms with Gasteiger partial charge in [0.1, 0.15) is 0 Å². The van der Waals surface area contributed by atoms with E-state index in [9.17, 15) is 8.42 Å². The maximum atomic E-state index is 12.9. The number of piperidine rings is 2. The molecule has 5 heteroatoms. The van der Waals surface area contributed by atoms with Gasteiger partial charge in [-0.05, 0) is 73.4 Å². The van der Waals surface area contributed by atoms with E-state index in [-0.39, 0.29) is 0 Å². The quantitative estimate of drug-likeness (QED) is 0.894. The van der Waals surface area contributed by atoms with Gasteiger partial charge in [0.05, 0.1) is 5.75 Å². The van der Waals surface area contributed by atoms with Gasteiger partial charge in [-0.1, -0.05) is 24.3 Å². The van der Waals surface area contributed by atoms with E-state index >= 15 is 0 Å². The SMILES string of the molecule is O=S(=O)(CCC1Cc2ccccc2C1)N1CC2C3CCC(NC3)C2C1. The van der Waals surface area contributed by atoms with E-state index in [2.05, 4.69) is 29.6 Å². The normalized spacial score (nSPS) is 35.0. The molecule has 1 aromatic rings. The predicted octanol–water partition coefficient (Wildman–Crippen LogP) is 2.05. The lowest BCUT2D eigenvalue weighted by Gasteiger charge is -2.45. The highest BCUT2D eigenvalue weighted by Crippen LogP contribution is 2.44. The van der Waals surface area contributed by atoms with Gasteiger partial charge in [0.2, 0.25) is 10.0 Å². The lowest BCUT2D eigenvalue weighted by atomic mass is 9.68. The van der Waals surface area contributed by atoms with Crippen LogP contribution in [-0.4, -0.2) is 44.2 Å². The lowest BCUT2D eigenvalue weighted by Crippen LogP contribution is -2.54. The molecule has 6 rings (SSSR count). The minimum Gasteiger partial charge on any atom is -0.313 e. The molecular formula is C20H28N2O2S. The largest absolute Gasteiger partial charge is 0.313 e. The van der Waals surface area contributed by atoms with Crippen LogP contribution in [0.5, 0.6) is 0 Å². The van der Waals surface area contributed by atoms with Crippen molar-refractivity contribution in [2.45, 2.75) is 38.1 Å². The molecule has 5 aliphatic rings. The number of fused-ring (bicyclic) bond motifs is 3. The fourth-order valence-corrected chi connectivity index (χ4v) is 7.59. The molecule has 4 unspecified atom stereocenters. The van der Waals surface area contributed by atoms with Crippen LogP contribution in [0, 0.1) is 23.7 Å². The number of benzene rings is 1. The first-order valence-electron chi connectivity index (χ1n) is 9.88. The summed E-state index contributed by atoms with van der Waals surface area (Å²) >= 11 is 0. The Balaban J connectivity index is 1.22. The molecule has 0 radical (unpaired) electrons. The average Bonchev–Trinajstić information content (AvgIpc) is 3.26. The van der Waals surface area contributed by atoms with E-state index in [1.807, 2.05) is 4.31 Å². The van der Waals surface area contributed by atoms with Gasteiger partial charge in [0.25, 0.3) is 0 Å². The molecule has 3 aliphatic heterocycles. The smallest absolute Gasteiger partial charge is 0.214 e. The molecule has 0 aromatic heterocycles. The lowest BCUT2D eigenvalue weighted by molar-refractivity contribution is 0.0927. The van der Waals surface area contributed by atoms with Crippen LogP contribution in [0.15, 0.2) is 24.3 Å². The highest BCUT2D eigenvalue weighted by molar-refractivity contribution is 7.89. The molecular weight excluding hydrogens is 332 g/mol. The summed E-state index contributed by atoms with van der Waals surface area (Å²) in [6.07, 6.45) is 5.41. The second kappa shape index (κ2) is 6.07. The molecule has 2 bridgehead atoms. The second-order valence-corrected chi connectivity index (χ2v) is 10.7. The molecule has 0 amide bonds. The molecule has 4 atom stereocenters. The van der Waals surface area contributed by atoms with E-state index in [0.29, 0.717) is 35.5 Å². The van der Waals surface area contributed by atoms with Crippen LogP contribution in [0.2, 0.25) is 0 Å². The molecule has 3 heterocycles. The van der Waals surface area contributed by atoms with Gasteiger partial charge in [-0.2, -0.15) is 0 Å². The molecule has 3 saturated heterocycles. The van der Waals surface area contributed by atoms with E-state index in [4.69, 9.17) is 0 Å². The number of nitrogens with one attached hydrogen (secondary N) is 1. The Morgan fingerprint density at radius 2 is 1.76 bits per heavy atom. The van der Waals surface area contributed by atoms with Crippen LogP contribution in [0.1, 0.15) is 30.4 Å². The molecule has 1 N–H and O–H groups in total. The maximum Gasteiger partial charge on any atom is 0.214 e. The Bertz CT molecular complexity index is 710. The first-order valence-corrected chi connectivity index (χ1v) is 11.5. The third kappa shape index (κ3) is 2.84. The molecule has 2 aliphatic carbocycles. The highest BCUT2D eigenvalue weighted by atomic mass is 32.2. The molecule has 25 heavy (non-hydrogen) atoms. The van der Waals surface area contributed by atoms with Crippen LogP contribution >= 0.6 is 0 Å². The minimum atomic E-state index is -3.11. The molecule has 136 valence electrons. The topological polar surface area (TPSA) is 49.4 Å². The van der Waals surface area contributed by atoms with Crippen molar-refractivity contribution in [1.82, 2.24) is 9.62 Å². The zero-order chi connectivity index (χ0) is 17.0. The summed E-state index contributed by atoms with van der Waals surface area (Å²) in [4.78, 5) is 0. The van der Waals surface area contributed by atoms with Crippen molar-refractivity contribution in [1.29, 1.82) is 0 Å². The summed E-state index contributed by atoms with van der Waals surface area (Å²) in [6, 6.07) is 9.12. The predicted molar refractivity (Wildman–Crippen MR) is 98.8 cm³/mol. The van der Waals surface area contributed by atoms with Gasteiger partial charge in [0, 0.05) is 19.1 Å². The second-order valence-electron chi connectivity index (χ2n) is 8.64. The van der Waals surface area contributed by atoms with E-state index < -0.39 is 10.0 Å². The van der Waals surface area contributed by atoms with Crippen molar-refractivity contribution < 1.29 is 8.42 Å². The van der Waals surface area contributed by atoms with Gasteiger partial charge in [-0.3, -0.25) is 0 Å². The van der Waals surface area contributed by atoms with Crippen LogP contribution in [-0.2, 0) is 22.9 Å². The Kier molecular flexibility index (Phi) is 3.95. The Hall–Kier alpha value is -0.910. The van der Waals surface area contributed by atoms with Gasteiger partial charge >= 0.3 is 0 Å². The summed E-state index contributed by atoms with van der Waals surface area (Å²) in [5.74, 6) is 2.67. The Labute approximate surface area is 151 Å². The highest BCUT2D eigenvalue weighted by Gasteiger charge is 2.50. The van der Waals surface area contributed by atoms with Gasteiger partial charge in [0.15, 0.2) is 0 Å². The molecule has 0 spiro atoms. The van der Waals surface area contributed by atoms with Crippen LogP contribution in [0.3, 0.4) is 0 Å². The van der Waals surface area contributed by atoms with Gasteiger partial charge in [-0.25, -0.2) is 12.7 Å². The number of sulfonamides is 1. The van der Waals surface area contributed by atoms with Crippen molar-refractivity contribution in [2.24, 2.45) is 23.7 Å². The fourth-order valence-electron chi connectivity index (χ4n) is 5.90. The molecule has 1 saturated carbocycles. The first-order chi connectivity index (χ1) is 12.1. The van der Waals surface area contributed by atoms with Crippen molar-refractivity contribution in [3.8, 4) is 0 Å². The van der Waals surface area contributed by atoms with Crippen molar-refractivity contribution in [3.63, 3.8) is 0 Å². The number of nitrogens with zero attached hydrogens (tertiary/aromatic N) is 1. The monoisotopic (exact) mass is 360 g/mol. The van der Waals surface area contributed by atoms with E-state index in [0.717, 1.165) is 38.9 Å². The zero-order valence-corrected chi connectivity index (χ0v) is 15.5. The average molecular weight is 361 g/mol. The fraction of sp³-hybridized carbons (Fsp3) is 0.700. The Morgan fingerprint density at radius 3 is 2.40 bits per heavy atom. The van der Waals surface area contributed by atoms with E-state index in [1.165, 1.54) is 24.0 Å². The van der Waals surface area contributed by atoms with Crippen molar-refractivity contribution >= 4 is 10.0 Å². The number of hydrogen-bond donors (Lipinski definition) is 1. The van der Waals surface area contributed by atoms with Crippen molar-refractivity contribution in [3.05, 3.63) is 35.4 Å². The third-order valence-electron chi connectivity index (χ3n) is 7.30. The van der Waals surface area contributed by atoms with Crippen LogP contribution in [0.25, 0.3) is 0 Å². The number of rotatable bonds is 4. The van der Waals surface area contributed by atoms with E-state index in [1.54, 1.807) is 0 Å². The zero-order valence-electron chi connectivity index (χ0n) is 14.7. The third-order valence-corrected chi connectivity index (χ3v) is 9.14. The Morgan fingerprint density at radius 1 is 1.04 bits per heavy atom. The minimum absolute atomic E-state index is 0.327. The summed E-state index contributed by atoms with van der Waals surface area (Å²) in [5.41, 5.74) is 2.83. The summed E-state index contributed by atoms with van der Waals surface area (Å²) in [6.45, 7) is 2.63. The maximum absolute atomic E-state index is 12.9. The van der Waals surface area contributed by atoms with Crippen LogP contribution in [0.4, 0.5) is 0 Å². The summed E-state index contributed by atoms with van der Waals surface area (Å²) in [5, 5.41) is 3.63. The van der Waals surface area contributed by atoms with Crippen LogP contribution < -0.4 is 5.32 Å². The first kappa shape index (κ1) is 16.3. The van der Waals surface area contributed by atoms with Crippen molar-refractivity contribution in [2.75, 3.05) is 25.4 Å².